The molecule has 4 aliphatic carbocycles. The lowest BCUT2D eigenvalue weighted by atomic mass is 9.70. The van der Waals surface area contributed by atoms with Gasteiger partial charge in [-0.3, -0.25) is 0 Å². The molecule has 4 heteroatoms. The van der Waals surface area contributed by atoms with Gasteiger partial charge in [0.1, 0.15) is 5.82 Å². The van der Waals surface area contributed by atoms with Gasteiger partial charge in [0.05, 0.1) is 33.2 Å². The van der Waals surface area contributed by atoms with Gasteiger partial charge in [-0.1, -0.05) is 212 Å². The first-order valence-electron chi connectivity index (χ1n) is 29.0. The van der Waals surface area contributed by atoms with E-state index in [4.69, 9.17) is 0 Å². The molecular weight excluding hydrogens is 1020 g/mol. The van der Waals surface area contributed by atoms with Gasteiger partial charge in [-0.25, -0.2) is 4.39 Å². The molecule has 3 nitrogen and oxygen atoms in total. The molecule has 0 atom stereocenters. The minimum atomic E-state index is -0.543. The number of hydrogen-bond acceptors (Lipinski definition) is 2. The summed E-state index contributed by atoms with van der Waals surface area (Å²) in [5.74, 6) is -0.278. The number of nitrogens with zero attached hydrogens (tertiary/aromatic N) is 3. The summed E-state index contributed by atoms with van der Waals surface area (Å²) < 4.78 is 17.4. The smallest absolute Gasteiger partial charge is 0.123 e. The Morgan fingerprint density at radius 1 is 0.262 bits per heavy atom. The van der Waals surface area contributed by atoms with E-state index in [9.17, 15) is 0 Å². The molecule has 84 heavy (non-hydrogen) atoms. The largest absolute Gasteiger partial charge is 0.310 e. The van der Waals surface area contributed by atoms with Gasteiger partial charge in [-0.2, -0.15) is 0 Å². The fourth-order valence-corrected chi connectivity index (χ4v) is 15.7. The van der Waals surface area contributed by atoms with Gasteiger partial charge in [-0.15, -0.1) is 0 Å². The molecule has 1 aromatic heterocycles. The van der Waals surface area contributed by atoms with E-state index in [2.05, 4.69) is 293 Å². The molecule has 0 amide bonds. The summed E-state index contributed by atoms with van der Waals surface area (Å²) >= 11 is 0. The third-order valence-electron chi connectivity index (χ3n) is 18.8. The van der Waals surface area contributed by atoms with Crippen LogP contribution in [0, 0.1) is 5.82 Å². The van der Waals surface area contributed by atoms with Crippen LogP contribution in [0.4, 0.5) is 38.5 Å². The molecule has 0 saturated carbocycles. The van der Waals surface area contributed by atoms with Crippen LogP contribution in [0.1, 0.15) is 44.5 Å². The Balaban J connectivity index is 0.927. The van der Waals surface area contributed by atoms with Crippen molar-refractivity contribution in [3.63, 3.8) is 0 Å². The van der Waals surface area contributed by atoms with E-state index in [1.807, 2.05) is 12.1 Å². The van der Waals surface area contributed by atoms with Crippen molar-refractivity contribution in [2.24, 2.45) is 0 Å². The Hall–Kier alpha value is -10.8. The first-order chi connectivity index (χ1) is 41.6. The van der Waals surface area contributed by atoms with Crippen LogP contribution in [0.25, 0.3) is 72.0 Å². The van der Waals surface area contributed by atoms with Gasteiger partial charge in [0.25, 0.3) is 0 Å². The summed E-state index contributed by atoms with van der Waals surface area (Å²) in [4.78, 5) is 4.92. The Morgan fingerprint density at radius 2 is 0.667 bits per heavy atom. The molecule has 2 spiro atoms. The summed E-state index contributed by atoms with van der Waals surface area (Å²) in [6.45, 7) is 0. The molecule has 0 aliphatic heterocycles. The number of benzene rings is 13. The average Bonchev–Trinajstić information content (AvgIpc) is 1.77. The number of hydrogen-bond donors (Lipinski definition) is 0. The second-order valence-corrected chi connectivity index (χ2v) is 22.8. The first kappa shape index (κ1) is 46.9. The molecule has 13 aromatic carbocycles. The fraction of sp³-hybridized carbons (Fsp3) is 0.0250. The second kappa shape index (κ2) is 17.6. The van der Waals surface area contributed by atoms with E-state index in [0.29, 0.717) is 0 Å². The highest BCUT2D eigenvalue weighted by Gasteiger charge is 2.53. The highest BCUT2D eigenvalue weighted by molar-refractivity contribution is 6.18. The lowest BCUT2D eigenvalue weighted by Crippen LogP contribution is -2.26. The number of anilines is 6. The number of para-hydroxylation sites is 3. The van der Waals surface area contributed by atoms with Gasteiger partial charge in [0.2, 0.25) is 0 Å². The van der Waals surface area contributed by atoms with Crippen molar-refractivity contribution < 1.29 is 4.39 Å². The quantitative estimate of drug-likeness (QED) is 0.158. The van der Waals surface area contributed by atoms with Crippen molar-refractivity contribution in [3.8, 4) is 50.2 Å². The minimum absolute atomic E-state index is 0.278. The van der Waals surface area contributed by atoms with Crippen LogP contribution in [0.2, 0.25) is 0 Å². The van der Waals surface area contributed by atoms with Crippen molar-refractivity contribution in [1.82, 2.24) is 4.57 Å². The van der Waals surface area contributed by atoms with E-state index in [0.717, 1.165) is 61.6 Å². The third kappa shape index (κ3) is 6.18. The van der Waals surface area contributed by atoms with E-state index in [-0.39, 0.29) is 5.82 Å². The zero-order valence-electron chi connectivity index (χ0n) is 45.6. The number of fused-ring (bicyclic) bond motifs is 23. The summed E-state index contributed by atoms with van der Waals surface area (Å²) in [5, 5.41) is 2.17. The lowest BCUT2D eigenvalue weighted by Gasteiger charge is -2.33. The first-order valence-corrected chi connectivity index (χ1v) is 29.0. The summed E-state index contributed by atoms with van der Waals surface area (Å²) in [7, 11) is 0. The molecule has 0 unspecified atom stereocenters. The maximum Gasteiger partial charge on any atom is 0.123 e. The molecule has 4 aliphatic rings. The van der Waals surface area contributed by atoms with Gasteiger partial charge < -0.3 is 14.4 Å². The van der Waals surface area contributed by atoms with Crippen molar-refractivity contribution in [1.29, 1.82) is 0 Å². The van der Waals surface area contributed by atoms with Crippen LogP contribution in [0.15, 0.2) is 303 Å². The Kier molecular flexibility index (Phi) is 9.82. The Morgan fingerprint density at radius 3 is 1.20 bits per heavy atom. The SMILES string of the molecule is Fc1ccc(-n2c3ccccc3c3c(N(c4ccccc4)c4ccc5c(c4)-c4ccccc4C54c5ccccc5-c5ccccc54)cc(N(c4ccccc4)c4ccc5c(c4)C4(c6ccccc6-c6ccccc64)c4ccccc4-5)cc32)cc1. The topological polar surface area (TPSA) is 11.4 Å². The number of rotatable bonds is 7. The molecule has 0 bridgehead atoms. The lowest BCUT2D eigenvalue weighted by molar-refractivity contribution is 0.627. The van der Waals surface area contributed by atoms with Crippen molar-refractivity contribution >= 4 is 55.9 Å². The predicted octanol–water partition coefficient (Wildman–Crippen LogP) is 20.5. The molecule has 14 aromatic rings. The van der Waals surface area contributed by atoms with E-state index in [1.54, 1.807) is 12.1 Å². The van der Waals surface area contributed by atoms with E-state index in [1.165, 1.54) is 89.0 Å². The monoisotopic (exact) mass is 1070 g/mol. The Labute approximate surface area is 486 Å². The van der Waals surface area contributed by atoms with Gasteiger partial charge >= 0.3 is 0 Å². The molecule has 1 heterocycles. The third-order valence-corrected chi connectivity index (χ3v) is 18.8. The molecule has 392 valence electrons. The molecule has 0 fully saturated rings. The summed E-state index contributed by atoms with van der Waals surface area (Å²) in [6, 6.07) is 111. The number of aromatic nitrogens is 1. The van der Waals surface area contributed by atoms with Gasteiger partial charge in [-0.05, 0) is 180 Å². The zero-order valence-corrected chi connectivity index (χ0v) is 45.6. The minimum Gasteiger partial charge on any atom is -0.310 e. The van der Waals surface area contributed by atoms with Crippen LogP contribution < -0.4 is 9.80 Å². The molecular formula is C80H50FN3. The predicted molar refractivity (Wildman–Crippen MR) is 343 cm³/mol. The number of halogens is 1. The average molecular weight is 1070 g/mol. The standard InChI is InChI=1S/C80H50FN3/c81-51-39-41-54(42-40-51)84-75-38-20-13-31-65(75)78-76(83(53-23-5-2-6-24-53)55-44-46-73-66(47-55)63-30-12-19-37-72(63)79(73)67-32-14-7-25-58(67)59-26-8-15-33-68(59)79)49-57(50-77(78)84)82(52-21-3-1-4-22-52)56-43-45-64-62-29-11-18-36-71(62)80(74(64)48-56)69-34-16-9-27-60(69)61-28-10-17-35-70(61)80/h1-50H. The van der Waals surface area contributed by atoms with Crippen molar-refractivity contribution in [2.45, 2.75) is 10.8 Å². The molecule has 18 rings (SSSR count). The van der Waals surface area contributed by atoms with E-state index >= 15 is 4.39 Å². The maximum atomic E-state index is 15.1. The summed E-state index contributed by atoms with van der Waals surface area (Å²) in [5.41, 5.74) is 28.4. The van der Waals surface area contributed by atoms with Crippen LogP contribution in [-0.4, -0.2) is 4.57 Å². The maximum absolute atomic E-state index is 15.1. The highest BCUT2D eigenvalue weighted by Crippen LogP contribution is 2.65. The molecule has 0 saturated heterocycles. The van der Waals surface area contributed by atoms with Crippen LogP contribution in [0.3, 0.4) is 0 Å². The van der Waals surface area contributed by atoms with Crippen molar-refractivity contribution in [2.75, 3.05) is 9.80 Å². The van der Waals surface area contributed by atoms with Crippen LogP contribution in [0.5, 0.6) is 0 Å². The second-order valence-electron chi connectivity index (χ2n) is 22.8. The Bertz CT molecular complexity index is 4950. The van der Waals surface area contributed by atoms with Gasteiger partial charge in [0.15, 0.2) is 0 Å². The van der Waals surface area contributed by atoms with Crippen LogP contribution in [-0.2, 0) is 10.8 Å². The summed E-state index contributed by atoms with van der Waals surface area (Å²) in [6.07, 6.45) is 0. The van der Waals surface area contributed by atoms with Crippen molar-refractivity contribution in [3.05, 3.63) is 354 Å². The zero-order chi connectivity index (χ0) is 55.3. The van der Waals surface area contributed by atoms with E-state index < -0.39 is 10.8 Å². The fourth-order valence-electron chi connectivity index (χ4n) is 15.7. The normalized spacial score (nSPS) is 13.7. The highest BCUT2D eigenvalue weighted by atomic mass is 19.1. The molecule has 0 radical (unpaired) electrons. The van der Waals surface area contributed by atoms with Crippen LogP contribution >= 0.6 is 0 Å². The molecule has 0 N–H and O–H groups in total. The van der Waals surface area contributed by atoms with Gasteiger partial charge in [0, 0.05) is 39.2 Å².